The summed E-state index contributed by atoms with van der Waals surface area (Å²) in [6.07, 6.45) is 2.70. The summed E-state index contributed by atoms with van der Waals surface area (Å²) in [5, 5.41) is 8.11. The maximum absolute atomic E-state index is 12.2. The van der Waals surface area contributed by atoms with Crippen LogP contribution in [0, 0.1) is 0 Å². The van der Waals surface area contributed by atoms with Gasteiger partial charge >= 0.3 is 0 Å². The molecule has 0 radical (unpaired) electrons. The summed E-state index contributed by atoms with van der Waals surface area (Å²) in [6, 6.07) is 7.89. The zero-order valence-electron chi connectivity index (χ0n) is 12.0. The van der Waals surface area contributed by atoms with E-state index in [1.54, 1.807) is 4.90 Å². The summed E-state index contributed by atoms with van der Waals surface area (Å²) in [7, 11) is 0. The van der Waals surface area contributed by atoms with Crippen molar-refractivity contribution in [1.82, 2.24) is 15.1 Å². The summed E-state index contributed by atoms with van der Waals surface area (Å²) in [6.45, 7) is 6.08. The van der Waals surface area contributed by atoms with Crippen LogP contribution in [-0.2, 0) is 24.2 Å². The van der Waals surface area contributed by atoms with Gasteiger partial charge in [-0.25, -0.2) is 0 Å². The largest absolute Gasteiger partial charge is 0.423 e. The number of carbonyl (C=O) groups excluding carboxylic acids is 1. The monoisotopic (exact) mass is 283 g/mol. The Morgan fingerprint density at radius 1 is 1.43 bits per heavy atom. The highest BCUT2D eigenvalue weighted by Crippen LogP contribution is 2.32. The van der Waals surface area contributed by atoms with Gasteiger partial charge in [-0.15, -0.1) is 10.2 Å². The number of nitrogens with zero attached hydrogens (tertiary/aromatic N) is 3. The zero-order chi connectivity index (χ0) is 14.8. The molecule has 1 aromatic carbocycles. The number of benzene rings is 1. The number of rotatable bonds is 3. The molecular weight excluding hydrogens is 266 g/mol. The first-order chi connectivity index (χ1) is 10.2. The lowest BCUT2D eigenvalue weighted by molar-refractivity contribution is -0.130. The number of hydrogen-bond acceptors (Lipinski definition) is 4. The van der Waals surface area contributed by atoms with E-state index in [9.17, 15) is 4.79 Å². The molecule has 1 atom stereocenters. The average Bonchev–Trinajstić information content (AvgIpc) is 3.01. The lowest BCUT2D eigenvalue weighted by Gasteiger charge is -2.34. The predicted octanol–water partition coefficient (Wildman–Crippen LogP) is 2.44. The maximum atomic E-state index is 12.2. The Hall–Kier alpha value is -2.43. The lowest BCUT2D eigenvalue weighted by Crippen LogP contribution is -2.38. The second kappa shape index (κ2) is 5.52. The Kier molecular flexibility index (Phi) is 3.56. The van der Waals surface area contributed by atoms with Crippen LogP contribution in [0.1, 0.15) is 35.9 Å². The quantitative estimate of drug-likeness (QED) is 0.812. The SMILES string of the molecule is C=CC(=O)N1Cc2ccccc2C[C@H]1c1nnc(CC)o1. The van der Waals surface area contributed by atoms with E-state index in [2.05, 4.69) is 22.8 Å². The van der Waals surface area contributed by atoms with Crippen LogP contribution in [0.5, 0.6) is 0 Å². The van der Waals surface area contributed by atoms with E-state index in [4.69, 9.17) is 4.42 Å². The fraction of sp³-hybridized carbons (Fsp3) is 0.312. The van der Waals surface area contributed by atoms with Gasteiger partial charge in [0.1, 0.15) is 6.04 Å². The number of amides is 1. The highest BCUT2D eigenvalue weighted by Gasteiger charge is 2.33. The van der Waals surface area contributed by atoms with E-state index in [0.29, 0.717) is 31.2 Å². The topological polar surface area (TPSA) is 59.2 Å². The molecule has 0 spiro atoms. The molecule has 0 N–H and O–H groups in total. The third-order valence-electron chi connectivity index (χ3n) is 3.78. The van der Waals surface area contributed by atoms with Crippen LogP contribution in [-0.4, -0.2) is 21.0 Å². The van der Waals surface area contributed by atoms with Crippen molar-refractivity contribution in [2.75, 3.05) is 0 Å². The van der Waals surface area contributed by atoms with Gasteiger partial charge in [0, 0.05) is 19.4 Å². The maximum Gasteiger partial charge on any atom is 0.246 e. The summed E-state index contributed by atoms with van der Waals surface area (Å²) in [4.78, 5) is 13.9. The molecule has 3 rings (SSSR count). The molecule has 0 aliphatic carbocycles. The zero-order valence-corrected chi connectivity index (χ0v) is 12.0. The first-order valence-corrected chi connectivity index (χ1v) is 7.05. The summed E-state index contributed by atoms with van der Waals surface area (Å²) < 4.78 is 5.66. The summed E-state index contributed by atoms with van der Waals surface area (Å²) >= 11 is 0. The van der Waals surface area contributed by atoms with Gasteiger partial charge in [0.15, 0.2) is 0 Å². The molecule has 0 bridgehead atoms. The Morgan fingerprint density at radius 3 is 2.86 bits per heavy atom. The molecule has 0 fully saturated rings. The van der Waals surface area contributed by atoms with E-state index in [0.717, 1.165) is 5.56 Å². The Bertz CT molecular complexity index is 678. The van der Waals surface area contributed by atoms with E-state index in [1.165, 1.54) is 11.6 Å². The summed E-state index contributed by atoms with van der Waals surface area (Å²) in [5.41, 5.74) is 2.37. The molecule has 2 heterocycles. The minimum atomic E-state index is -0.224. The second-order valence-electron chi connectivity index (χ2n) is 5.05. The highest BCUT2D eigenvalue weighted by molar-refractivity contribution is 5.87. The highest BCUT2D eigenvalue weighted by atomic mass is 16.4. The van der Waals surface area contributed by atoms with Crippen molar-refractivity contribution in [3.8, 4) is 0 Å². The molecule has 1 amide bonds. The van der Waals surface area contributed by atoms with Gasteiger partial charge in [-0.05, 0) is 17.2 Å². The Morgan fingerprint density at radius 2 is 2.19 bits per heavy atom. The van der Waals surface area contributed by atoms with Crippen molar-refractivity contribution < 1.29 is 9.21 Å². The first kappa shape index (κ1) is 13.5. The van der Waals surface area contributed by atoms with Gasteiger partial charge in [-0.3, -0.25) is 4.79 Å². The van der Waals surface area contributed by atoms with Crippen molar-refractivity contribution in [3.05, 3.63) is 59.8 Å². The molecule has 5 nitrogen and oxygen atoms in total. The van der Waals surface area contributed by atoms with Gasteiger partial charge in [-0.1, -0.05) is 37.8 Å². The molecule has 1 aliphatic heterocycles. The van der Waals surface area contributed by atoms with Crippen LogP contribution < -0.4 is 0 Å². The third-order valence-corrected chi connectivity index (χ3v) is 3.78. The van der Waals surface area contributed by atoms with Gasteiger partial charge in [0.05, 0.1) is 0 Å². The van der Waals surface area contributed by atoms with Crippen LogP contribution in [0.4, 0.5) is 0 Å². The molecule has 108 valence electrons. The fourth-order valence-corrected chi connectivity index (χ4v) is 2.64. The standard InChI is InChI=1S/C16H17N3O2/c1-3-14-17-18-16(21-14)13-9-11-7-5-6-8-12(11)10-19(13)15(20)4-2/h4-8,13H,2-3,9-10H2,1H3/t13-/m0/s1. The second-order valence-corrected chi connectivity index (χ2v) is 5.05. The number of aryl methyl sites for hydroxylation is 1. The molecule has 0 saturated heterocycles. The first-order valence-electron chi connectivity index (χ1n) is 7.05. The van der Waals surface area contributed by atoms with Gasteiger partial charge in [0.25, 0.3) is 0 Å². The Balaban J connectivity index is 1.99. The van der Waals surface area contributed by atoms with E-state index in [1.807, 2.05) is 25.1 Å². The van der Waals surface area contributed by atoms with Crippen LogP contribution in [0.15, 0.2) is 41.3 Å². The minimum absolute atomic E-state index is 0.120. The van der Waals surface area contributed by atoms with E-state index >= 15 is 0 Å². The average molecular weight is 283 g/mol. The van der Waals surface area contributed by atoms with Gasteiger partial charge in [0.2, 0.25) is 17.7 Å². The van der Waals surface area contributed by atoms with Crippen LogP contribution >= 0.6 is 0 Å². The van der Waals surface area contributed by atoms with Crippen LogP contribution in [0.2, 0.25) is 0 Å². The van der Waals surface area contributed by atoms with Gasteiger partial charge < -0.3 is 9.32 Å². The van der Waals surface area contributed by atoms with Crippen LogP contribution in [0.25, 0.3) is 0 Å². The van der Waals surface area contributed by atoms with E-state index < -0.39 is 0 Å². The summed E-state index contributed by atoms with van der Waals surface area (Å²) in [5.74, 6) is 0.970. The third kappa shape index (κ3) is 2.46. The Labute approximate surface area is 123 Å². The predicted molar refractivity (Wildman–Crippen MR) is 77.3 cm³/mol. The van der Waals surface area contributed by atoms with Crippen molar-refractivity contribution in [2.24, 2.45) is 0 Å². The molecular formula is C16H17N3O2. The number of aromatic nitrogens is 2. The van der Waals surface area contributed by atoms with Crippen molar-refractivity contribution in [2.45, 2.75) is 32.4 Å². The number of carbonyl (C=O) groups is 1. The number of hydrogen-bond donors (Lipinski definition) is 0. The molecule has 21 heavy (non-hydrogen) atoms. The smallest absolute Gasteiger partial charge is 0.246 e. The molecule has 5 heteroatoms. The van der Waals surface area contributed by atoms with Crippen molar-refractivity contribution in [3.63, 3.8) is 0 Å². The van der Waals surface area contributed by atoms with Crippen molar-refractivity contribution in [1.29, 1.82) is 0 Å². The molecule has 0 unspecified atom stereocenters. The molecule has 0 saturated carbocycles. The fourth-order valence-electron chi connectivity index (χ4n) is 2.64. The molecule has 1 aliphatic rings. The molecule has 2 aromatic rings. The van der Waals surface area contributed by atoms with Gasteiger partial charge in [-0.2, -0.15) is 0 Å². The lowest BCUT2D eigenvalue weighted by atomic mass is 9.94. The van der Waals surface area contributed by atoms with E-state index in [-0.39, 0.29) is 11.9 Å². The molecule has 1 aromatic heterocycles. The number of fused-ring (bicyclic) bond motifs is 1. The van der Waals surface area contributed by atoms with Crippen molar-refractivity contribution >= 4 is 5.91 Å². The normalized spacial score (nSPS) is 17.4. The minimum Gasteiger partial charge on any atom is -0.423 e. The van der Waals surface area contributed by atoms with Crippen LogP contribution in [0.3, 0.4) is 0 Å².